The standard InChI is InChI=1S/C16H15FO3/c1-2-19-14-6-8-15(9-7-14)20-11-16(18)12-4-3-5-13(17)10-12/h3-10H,2,11H2,1H3. The van der Waals surface area contributed by atoms with Crippen molar-refractivity contribution in [3.63, 3.8) is 0 Å². The Morgan fingerprint density at radius 1 is 1.05 bits per heavy atom. The molecule has 0 radical (unpaired) electrons. The highest BCUT2D eigenvalue weighted by Crippen LogP contribution is 2.17. The fraction of sp³-hybridized carbons (Fsp3) is 0.188. The number of ketones is 1. The van der Waals surface area contributed by atoms with E-state index in [9.17, 15) is 9.18 Å². The lowest BCUT2D eigenvalue weighted by atomic mass is 10.1. The van der Waals surface area contributed by atoms with Crippen molar-refractivity contribution >= 4 is 5.78 Å². The van der Waals surface area contributed by atoms with E-state index in [4.69, 9.17) is 9.47 Å². The van der Waals surface area contributed by atoms with E-state index in [2.05, 4.69) is 0 Å². The maximum Gasteiger partial charge on any atom is 0.200 e. The second-order valence-electron chi connectivity index (χ2n) is 4.13. The molecule has 4 heteroatoms. The van der Waals surface area contributed by atoms with Crippen LogP contribution in [0.2, 0.25) is 0 Å². The molecule has 0 aliphatic rings. The SMILES string of the molecule is CCOc1ccc(OCC(=O)c2cccc(F)c2)cc1. The minimum absolute atomic E-state index is 0.128. The van der Waals surface area contributed by atoms with Crippen LogP contribution in [0, 0.1) is 5.82 Å². The van der Waals surface area contributed by atoms with Crippen LogP contribution in [-0.2, 0) is 0 Å². The predicted octanol–water partition coefficient (Wildman–Crippen LogP) is 3.49. The van der Waals surface area contributed by atoms with Crippen LogP contribution < -0.4 is 9.47 Å². The predicted molar refractivity (Wildman–Crippen MR) is 73.8 cm³/mol. The molecule has 2 aromatic carbocycles. The number of ether oxygens (including phenoxy) is 2. The topological polar surface area (TPSA) is 35.5 Å². The van der Waals surface area contributed by atoms with Gasteiger partial charge >= 0.3 is 0 Å². The van der Waals surface area contributed by atoms with E-state index in [1.54, 1.807) is 30.3 Å². The number of halogens is 1. The first-order valence-electron chi connectivity index (χ1n) is 6.33. The van der Waals surface area contributed by atoms with Crippen molar-refractivity contribution in [3.8, 4) is 11.5 Å². The summed E-state index contributed by atoms with van der Waals surface area (Å²) in [5, 5.41) is 0. The zero-order chi connectivity index (χ0) is 14.4. The van der Waals surface area contributed by atoms with E-state index in [-0.39, 0.29) is 12.4 Å². The summed E-state index contributed by atoms with van der Waals surface area (Å²) in [5.74, 6) is 0.616. The van der Waals surface area contributed by atoms with Gasteiger partial charge in [0.2, 0.25) is 0 Å². The van der Waals surface area contributed by atoms with Gasteiger partial charge in [-0.2, -0.15) is 0 Å². The second kappa shape index (κ2) is 6.70. The molecule has 0 aromatic heterocycles. The first-order chi connectivity index (χ1) is 9.69. The van der Waals surface area contributed by atoms with Gasteiger partial charge in [0.25, 0.3) is 0 Å². The highest BCUT2D eigenvalue weighted by molar-refractivity contribution is 5.97. The zero-order valence-electron chi connectivity index (χ0n) is 11.1. The summed E-state index contributed by atoms with van der Waals surface area (Å²) < 4.78 is 23.7. The van der Waals surface area contributed by atoms with Crippen LogP contribution in [0.1, 0.15) is 17.3 Å². The molecule has 0 heterocycles. The monoisotopic (exact) mass is 274 g/mol. The summed E-state index contributed by atoms with van der Waals surface area (Å²) in [5.41, 5.74) is 0.302. The average Bonchev–Trinajstić information content (AvgIpc) is 2.46. The zero-order valence-corrected chi connectivity index (χ0v) is 11.1. The third-order valence-electron chi connectivity index (χ3n) is 2.65. The molecule has 0 N–H and O–H groups in total. The number of carbonyl (C=O) groups excluding carboxylic acids is 1. The van der Waals surface area contributed by atoms with Crippen LogP contribution in [-0.4, -0.2) is 19.0 Å². The number of hydrogen-bond acceptors (Lipinski definition) is 3. The van der Waals surface area contributed by atoms with Crippen LogP contribution in [0.4, 0.5) is 4.39 Å². The lowest BCUT2D eigenvalue weighted by molar-refractivity contribution is 0.0921. The van der Waals surface area contributed by atoms with Crippen LogP contribution in [0.25, 0.3) is 0 Å². The molecule has 0 aliphatic heterocycles. The summed E-state index contributed by atoms with van der Waals surface area (Å²) in [6, 6.07) is 12.5. The van der Waals surface area contributed by atoms with Crippen molar-refractivity contribution in [3.05, 3.63) is 59.9 Å². The maximum absolute atomic E-state index is 13.0. The van der Waals surface area contributed by atoms with Crippen molar-refractivity contribution in [1.82, 2.24) is 0 Å². The van der Waals surface area contributed by atoms with E-state index in [1.165, 1.54) is 18.2 Å². The molecule has 0 aliphatic carbocycles. The Morgan fingerprint density at radius 2 is 1.70 bits per heavy atom. The Hall–Kier alpha value is -2.36. The quantitative estimate of drug-likeness (QED) is 0.756. The number of Topliss-reactive ketones (excluding diaryl/α,β-unsaturated/α-hetero) is 1. The smallest absolute Gasteiger partial charge is 0.200 e. The molecule has 0 unspecified atom stereocenters. The van der Waals surface area contributed by atoms with Gasteiger partial charge in [0.15, 0.2) is 12.4 Å². The van der Waals surface area contributed by atoms with Gasteiger partial charge in [-0.1, -0.05) is 12.1 Å². The van der Waals surface area contributed by atoms with Gasteiger partial charge in [-0.05, 0) is 43.3 Å². The van der Waals surface area contributed by atoms with Crippen LogP contribution in [0.3, 0.4) is 0 Å². The number of carbonyl (C=O) groups is 1. The normalized spacial score (nSPS) is 10.1. The molecule has 0 saturated carbocycles. The Bertz CT molecular complexity index is 579. The van der Waals surface area contributed by atoms with Gasteiger partial charge in [-0.25, -0.2) is 4.39 Å². The van der Waals surface area contributed by atoms with Crippen molar-refractivity contribution in [1.29, 1.82) is 0 Å². The number of rotatable bonds is 6. The van der Waals surface area contributed by atoms with Crippen LogP contribution in [0.15, 0.2) is 48.5 Å². The molecule has 0 fully saturated rings. The van der Waals surface area contributed by atoms with Gasteiger partial charge in [-0.3, -0.25) is 4.79 Å². The molecule has 0 saturated heterocycles. The van der Waals surface area contributed by atoms with Crippen molar-refractivity contribution in [2.24, 2.45) is 0 Å². The highest BCUT2D eigenvalue weighted by atomic mass is 19.1. The molecule has 0 spiro atoms. The molecule has 2 rings (SSSR count). The average molecular weight is 274 g/mol. The Morgan fingerprint density at radius 3 is 2.30 bits per heavy atom. The molecule has 20 heavy (non-hydrogen) atoms. The van der Waals surface area contributed by atoms with Gasteiger partial charge in [0, 0.05) is 5.56 Å². The number of hydrogen-bond donors (Lipinski definition) is 0. The first-order valence-corrected chi connectivity index (χ1v) is 6.33. The molecule has 0 atom stereocenters. The molecule has 0 amide bonds. The van der Waals surface area contributed by atoms with Crippen molar-refractivity contribution in [2.75, 3.05) is 13.2 Å². The number of benzene rings is 2. The largest absolute Gasteiger partial charge is 0.494 e. The molecular formula is C16H15FO3. The van der Waals surface area contributed by atoms with Crippen LogP contribution >= 0.6 is 0 Å². The second-order valence-corrected chi connectivity index (χ2v) is 4.13. The van der Waals surface area contributed by atoms with Gasteiger partial charge in [0.05, 0.1) is 6.61 Å². The van der Waals surface area contributed by atoms with Crippen molar-refractivity contribution < 1.29 is 18.7 Å². The lowest BCUT2D eigenvalue weighted by Gasteiger charge is -2.07. The summed E-state index contributed by atoms with van der Waals surface area (Å²) in [7, 11) is 0. The summed E-state index contributed by atoms with van der Waals surface area (Å²) in [6.07, 6.45) is 0. The third kappa shape index (κ3) is 3.82. The van der Waals surface area contributed by atoms with E-state index < -0.39 is 5.82 Å². The van der Waals surface area contributed by atoms with Gasteiger partial charge < -0.3 is 9.47 Å². The van der Waals surface area contributed by atoms with E-state index >= 15 is 0 Å². The molecule has 3 nitrogen and oxygen atoms in total. The minimum atomic E-state index is -0.433. The third-order valence-corrected chi connectivity index (χ3v) is 2.65. The Balaban J connectivity index is 1.93. The van der Waals surface area contributed by atoms with Crippen LogP contribution in [0.5, 0.6) is 11.5 Å². The summed E-state index contributed by atoms with van der Waals surface area (Å²) >= 11 is 0. The van der Waals surface area contributed by atoms with E-state index in [1.807, 2.05) is 6.92 Å². The van der Waals surface area contributed by atoms with Crippen molar-refractivity contribution in [2.45, 2.75) is 6.92 Å². The molecule has 104 valence electrons. The lowest BCUT2D eigenvalue weighted by Crippen LogP contribution is -2.11. The summed E-state index contributed by atoms with van der Waals surface area (Å²) in [6.45, 7) is 2.37. The first kappa shape index (κ1) is 14.1. The minimum Gasteiger partial charge on any atom is -0.494 e. The molecule has 0 bridgehead atoms. The Kier molecular flexibility index (Phi) is 4.71. The fourth-order valence-electron chi connectivity index (χ4n) is 1.69. The van der Waals surface area contributed by atoms with Gasteiger partial charge in [-0.15, -0.1) is 0 Å². The molecule has 2 aromatic rings. The summed E-state index contributed by atoms with van der Waals surface area (Å²) in [4.78, 5) is 11.8. The maximum atomic E-state index is 13.0. The van der Waals surface area contributed by atoms with E-state index in [0.717, 1.165) is 5.75 Å². The fourth-order valence-corrected chi connectivity index (χ4v) is 1.69. The van der Waals surface area contributed by atoms with E-state index in [0.29, 0.717) is 17.9 Å². The Labute approximate surface area is 117 Å². The van der Waals surface area contributed by atoms with Gasteiger partial charge in [0.1, 0.15) is 17.3 Å². The molecular weight excluding hydrogens is 259 g/mol. The highest BCUT2D eigenvalue weighted by Gasteiger charge is 2.07.